The number of carbonyl (C=O) groups excluding carboxylic acids is 2. The second kappa shape index (κ2) is 14.0. The maximum Gasteiger partial charge on any atom is 0.236 e. The van der Waals surface area contributed by atoms with Gasteiger partial charge in [0.2, 0.25) is 11.8 Å². The molecule has 1 unspecified atom stereocenters. The summed E-state index contributed by atoms with van der Waals surface area (Å²) in [5.74, 6) is 1.29. The van der Waals surface area contributed by atoms with Crippen LogP contribution in [-0.4, -0.2) is 90.4 Å². The Morgan fingerprint density at radius 1 is 1.07 bits per heavy atom. The number of amides is 2. The normalized spacial score (nSPS) is 17.5. The Labute approximate surface area is 253 Å². The molecule has 0 aliphatic carbocycles. The molecule has 2 heterocycles. The lowest BCUT2D eigenvalue weighted by molar-refractivity contribution is -0.137. The fraction of sp³-hybridized carbons (Fsp3) is 0.600. The van der Waals surface area contributed by atoms with Crippen molar-refractivity contribution in [2.24, 2.45) is 5.41 Å². The second-order valence-corrected chi connectivity index (χ2v) is 13.8. The number of hydrogen-bond donors (Lipinski definition) is 0. The van der Waals surface area contributed by atoms with Crippen molar-refractivity contribution in [1.29, 1.82) is 0 Å². The van der Waals surface area contributed by atoms with Crippen LogP contribution in [0.5, 0.6) is 5.75 Å². The minimum Gasteiger partial charge on any atom is -0.493 e. The maximum atomic E-state index is 13.9. The molecule has 2 aromatic rings. The van der Waals surface area contributed by atoms with Crippen LogP contribution in [0.2, 0.25) is 0 Å². The van der Waals surface area contributed by atoms with E-state index in [1.54, 1.807) is 0 Å². The van der Waals surface area contributed by atoms with Crippen molar-refractivity contribution in [2.45, 2.75) is 85.5 Å². The SMILES string of the molecule is CC[C@@H](CN(CC(=O)N1CCC(N(C)C)C1)Cc1ccc2c(c1)OCC2)N(Cc1cccc(C)c1)C(=O)CC(C)(C)C. The number of benzene rings is 2. The Hall–Kier alpha value is -2.90. The lowest BCUT2D eigenvalue weighted by Gasteiger charge is -2.37. The van der Waals surface area contributed by atoms with Gasteiger partial charge in [0.15, 0.2) is 0 Å². The molecule has 2 aliphatic heterocycles. The van der Waals surface area contributed by atoms with Gasteiger partial charge in [-0.2, -0.15) is 0 Å². The first-order valence-electron chi connectivity index (χ1n) is 15.7. The van der Waals surface area contributed by atoms with Crippen molar-refractivity contribution in [3.05, 3.63) is 64.7 Å². The standard InChI is InChI=1S/C35H52N4O3/c1-8-30(39(33(40)20-35(3,4)5)22-27-11-9-10-26(2)18-27)23-37(21-28-12-13-29-15-17-42-32(29)19-28)25-34(41)38-16-14-31(24-38)36(6)7/h9-13,18-19,30-31H,8,14-17,20-25H2,1-7H3/t30-,31?/m0/s1. The summed E-state index contributed by atoms with van der Waals surface area (Å²) >= 11 is 0. The van der Waals surface area contributed by atoms with Crippen LogP contribution in [0, 0.1) is 12.3 Å². The molecule has 2 aromatic carbocycles. The van der Waals surface area contributed by atoms with Gasteiger partial charge in [0.05, 0.1) is 13.2 Å². The number of hydrogen-bond acceptors (Lipinski definition) is 5. The zero-order valence-corrected chi connectivity index (χ0v) is 27.0. The van der Waals surface area contributed by atoms with Crippen LogP contribution in [-0.2, 0) is 29.1 Å². The van der Waals surface area contributed by atoms with Crippen molar-refractivity contribution in [2.75, 3.05) is 46.9 Å². The lowest BCUT2D eigenvalue weighted by atomic mass is 9.91. The van der Waals surface area contributed by atoms with Crippen molar-refractivity contribution in [3.63, 3.8) is 0 Å². The van der Waals surface area contributed by atoms with E-state index >= 15 is 0 Å². The summed E-state index contributed by atoms with van der Waals surface area (Å²) in [6, 6.07) is 15.3. The number of carbonyl (C=O) groups is 2. The third-order valence-corrected chi connectivity index (χ3v) is 8.59. The molecule has 0 saturated carbocycles. The van der Waals surface area contributed by atoms with Gasteiger partial charge in [-0.25, -0.2) is 0 Å². The number of rotatable bonds is 12. The molecule has 1 fully saturated rings. The summed E-state index contributed by atoms with van der Waals surface area (Å²) in [5, 5.41) is 0. The lowest BCUT2D eigenvalue weighted by Crippen LogP contribution is -2.49. The number of nitrogens with zero attached hydrogens (tertiary/aromatic N) is 4. The van der Waals surface area contributed by atoms with Crippen LogP contribution < -0.4 is 4.74 Å². The quantitative estimate of drug-likeness (QED) is 0.350. The molecule has 2 amide bonds. The Balaban J connectivity index is 1.58. The van der Waals surface area contributed by atoms with Gasteiger partial charge in [-0.15, -0.1) is 0 Å². The summed E-state index contributed by atoms with van der Waals surface area (Å²) in [7, 11) is 4.17. The van der Waals surface area contributed by atoms with Gasteiger partial charge in [-0.05, 0) is 62.0 Å². The Morgan fingerprint density at radius 3 is 2.50 bits per heavy atom. The molecule has 42 heavy (non-hydrogen) atoms. The Kier molecular flexibility index (Phi) is 10.7. The summed E-state index contributed by atoms with van der Waals surface area (Å²) in [6.45, 7) is 15.1. The summed E-state index contributed by atoms with van der Waals surface area (Å²) in [4.78, 5) is 36.1. The zero-order valence-electron chi connectivity index (χ0n) is 27.0. The summed E-state index contributed by atoms with van der Waals surface area (Å²) in [6.07, 6.45) is 3.24. The fourth-order valence-electron chi connectivity index (χ4n) is 6.16. The predicted octanol–water partition coefficient (Wildman–Crippen LogP) is 5.14. The van der Waals surface area contributed by atoms with Crippen molar-refractivity contribution in [1.82, 2.24) is 19.6 Å². The summed E-state index contributed by atoms with van der Waals surface area (Å²) < 4.78 is 5.86. The molecule has 7 nitrogen and oxygen atoms in total. The van der Waals surface area contributed by atoms with E-state index in [-0.39, 0.29) is 23.3 Å². The first-order valence-corrected chi connectivity index (χ1v) is 15.7. The van der Waals surface area contributed by atoms with E-state index in [0.717, 1.165) is 55.8 Å². The van der Waals surface area contributed by atoms with E-state index in [9.17, 15) is 9.59 Å². The highest BCUT2D eigenvalue weighted by Crippen LogP contribution is 2.28. The van der Waals surface area contributed by atoms with Gasteiger partial charge in [0.1, 0.15) is 5.75 Å². The highest BCUT2D eigenvalue weighted by Gasteiger charge is 2.31. The molecule has 7 heteroatoms. The van der Waals surface area contributed by atoms with E-state index in [0.29, 0.717) is 38.6 Å². The Morgan fingerprint density at radius 2 is 1.83 bits per heavy atom. The highest BCUT2D eigenvalue weighted by atomic mass is 16.5. The second-order valence-electron chi connectivity index (χ2n) is 13.8. The van der Waals surface area contributed by atoms with E-state index in [2.05, 4.69) is 106 Å². The van der Waals surface area contributed by atoms with Crippen molar-refractivity contribution >= 4 is 11.8 Å². The van der Waals surface area contributed by atoms with Crippen LogP contribution in [0.25, 0.3) is 0 Å². The minimum absolute atomic E-state index is 0.0214. The van der Waals surface area contributed by atoms with E-state index in [1.165, 1.54) is 11.1 Å². The average molecular weight is 577 g/mol. The largest absolute Gasteiger partial charge is 0.493 e. The first kappa shape index (κ1) is 32.0. The number of fused-ring (bicyclic) bond motifs is 1. The zero-order chi connectivity index (χ0) is 30.4. The van der Waals surface area contributed by atoms with Crippen molar-refractivity contribution < 1.29 is 14.3 Å². The van der Waals surface area contributed by atoms with E-state index in [4.69, 9.17) is 4.74 Å². The molecular weight excluding hydrogens is 524 g/mol. The van der Waals surface area contributed by atoms with Gasteiger partial charge in [-0.3, -0.25) is 14.5 Å². The fourth-order valence-corrected chi connectivity index (χ4v) is 6.16. The van der Waals surface area contributed by atoms with Crippen LogP contribution in [0.15, 0.2) is 42.5 Å². The molecule has 0 spiro atoms. The first-order chi connectivity index (χ1) is 19.9. The topological polar surface area (TPSA) is 56.3 Å². The number of likely N-dealkylation sites (N-methyl/N-ethyl adjacent to an activating group) is 1. The molecular formula is C35H52N4O3. The van der Waals surface area contributed by atoms with Crippen LogP contribution in [0.4, 0.5) is 0 Å². The number of likely N-dealkylation sites (tertiary alicyclic amines) is 1. The Bertz CT molecular complexity index is 1220. The third kappa shape index (κ3) is 8.81. The summed E-state index contributed by atoms with van der Waals surface area (Å²) in [5.41, 5.74) is 4.60. The van der Waals surface area contributed by atoms with Gasteiger partial charge in [0.25, 0.3) is 0 Å². The number of aryl methyl sites for hydroxylation is 1. The molecule has 230 valence electrons. The molecule has 2 aliphatic rings. The van der Waals surface area contributed by atoms with Crippen LogP contribution >= 0.6 is 0 Å². The van der Waals surface area contributed by atoms with Gasteiger partial charge in [0, 0.05) is 57.6 Å². The minimum atomic E-state index is -0.112. The molecule has 0 radical (unpaired) electrons. The maximum absolute atomic E-state index is 13.9. The molecule has 0 N–H and O–H groups in total. The number of ether oxygens (including phenoxy) is 1. The van der Waals surface area contributed by atoms with Gasteiger partial charge < -0.3 is 19.4 Å². The smallest absolute Gasteiger partial charge is 0.236 e. The highest BCUT2D eigenvalue weighted by molar-refractivity contribution is 5.79. The van der Waals surface area contributed by atoms with Crippen LogP contribution in [0.1, 0.15) is 69.2 Å². The van der Waals surface area contributed by atoms with Gasteiger partial charge in [-0.1, -0.05) is 69.7 Å². The monoisotopic (exact) mass is 576 g/mol. The molecule has 4 rings (SSSR count). The molecule has 1 saturated heterocycles. The molecule has 0 bridgehead atoms. The predicted molar refractivity (Wildman–Crippen MR) is 169 cm³/mol. The average Bonchev–Trinajstić information content (AvgIpc) is 3.59. The third-order valence-electron chi connectivity index (χ3n) is 8.59. The molecule has 0 aromatic heterocycles. The van der Waals surface area contributed by atoms with Crippen LogP contribution in [0.3, 0.4) is 0 Å². The molecule has 2 atom stereocenters. The van der Waals surface area contributed by atoms with Crippen molar-refractivity contribution in [3.8, 4) is 5.75 Å². The van der Waals surface area contributed by atoms with Gasteiger partial charge >= 0.3 is 0 Å². The van der Waals surface area contributed by atoms with E-state index < -0.39 is 0 Å². The van der Waals surface area contributed by atoms with E-state index in [1.807, 2.05) is 4.90 Å².